The van der Waals surface area contributed by atoms with Gasteiger partial charge in [0.25, 0.3) is 5.91 Å². The van der Waals surface area contributed by atoms with E-state index in [1.165, 1.54) is 6.42 Å². The number of hydrogen-bond acceptors (Lipinski definition) is 2. The summed E-state index contributed by atoms with van der Waals surface area (Å²) in [6.07, 6.45) is 5.03. The molecule has 0 aromatic carbocycles. The number of carbonyl (C=O) groups is 1. The number of pyridine rings is 1. The summed E-state index contributed by atoms with van der Waals surface area (Å²) in [5, 5.41) is 3.11. The molecule has 1 aromatic rings. The highest BCUT2D eigenvalue weighted by Crippen LogP contribution is 2.36. The molecule has 0 bridgehead atoms. The maximum absolute atomic E-state index is 12.0. The second-order valence-electron chi connectivity index (χ2n) is 5.76. The number of aromatic nitrogens is 1. The summed E-state index contributed by atoms with van der Waals surface area (Å²) in [6, 6.07) is 3.92. The lowest BCUT2D eigenvalue weighted by Crippen LogP contribution is -2.33. The van der Waals surface area contributed by atoms with Crippen molar-refractivity contribution in [2.45, 2.75) is 46.1 Å². The molecule has 1 amide bonds. The molecule has 3 nitrogen and oxygen atoms in total. The van der Waals surface area contributed by atoms with Crippen molar-refractivity contribution >= 4 is 5.91 Å². The van der Waals surface area contributed by atoms with Crippen LogP contribution in [0.4, 0.5) is 0 Å². The Bertz CT molecular complexity index is 426. The van der Waals surface area contributed by atoms with Gasteiger partial charge in [0.1, 0.15) is 0 Å². The third-order valence-electron chi connectivity index (χ3n) is 3.46. The summed E-state index contributed by atoms with van der Waals surface area (Å²) in [5.74, 6) is 0.0261. The smallest absolute Gasteiger partial charge is 0.251 e. The maximum atomic E-state index is 12.0. The Hall–Kier alpha value is -1.38. The van der Waals surface area contributed by atoms with Gasteiger partial charge >= 0.3 is 0 Å². The van der Waals surface area contributed by atoms with Gasteiger partial charge in [0.15, 0.2) is 0 Å². The number of hydrogen-bond donors (Lipinski definition) is 1. The molecule has 0 saturated heterocycles. The quantitative estimate of drug-likeness (QED) is 0.851. The van der Waals surface area contributed by atoms with E-state index in [2.05, 4.69) is 24.1 Å². The minimum atomic E-state index is 0.0261. The van der Waals surface area contributed by atoms with Crippen LogP contribution in [0.1, 0.15) is 49.2 Å². The van der Waals surface area contributed by atoms with Crippen molar-refractivity contribution in [1.29, 1.82) is 0 Å². The fraction of sp³-hybridized carbons (Fsp3) is 0.571. The van der Waals surface area contributed by atoms with Crippen LogP contribution in [0.15, 0.2) is 18.3 Å². The fourth-order valence-corrected chi connectivity index (χ4v) is 2.51. The number of nitrogens with zero attached hydrogens (tertiary/aromatic N) is 1. The number of aryl methyl sites for hydroxylation is 1. The van der Waals surface area contributed by atoms with Gasteiger partial charge in [-0.05, 0) is 43.7 Å². The van der Waals surface area contributed by atoms with E-state index in [0.717, 1.165) is 18.5 Å². The van der Waals surface area contributed by atoms with Crippen LogP contribution in [0.3, 0.4) is 0 Å². The van der Waals surface area contributed by atoms with Gasteiger partial charge < -0.3 is 5.32 Å². The van der Waals surface area contributed by atoms with Gasteiger partial charge in [-0.15, -0.1) is 0 Å². The van der Waals surface area contributed by atoms with Gasteiger partial charge in [0, 0.05) is 23.5 Å². The van der Waals surface area contributed by atoms with Crippen LogP contribution in [0, 0.1) is 12.3 Å². The lowest BCUT2D eigenvalue weighted by molar-refractivity contribution is 0.0936. The molecular formula is C14H20N2O. The summed E-state index contributed by atoms with van der Waals surface area (Å²) in [5.41, 5.74) is 1.96. The first-order chi connectivity index (χ1) is 7.96. The van der Waals surface area contributed by atoms with Crippen LogP contribution < -0.4 is 5.32 Å². The zero-order valence-corrected chi connectivity index (χ0v) is 10.8. The molecule has 1 N–H and O–H groups in total. The molecule has 1 aliphatic carbocycles. The van der Waals surface area contributed by atoms with Gasteiger partial charge in [0.05, 0.1) is 0 Å². The summed E-state index contributed by atoms with van der Waals surface area (Å²) < 4.78 is 0. The molecule has 1 aliphatic rings. The van der Waals surface area contributed by atoms with E-state index in [1.807, 2.05) is 13.0 Å². The fourth-order valence-electron chi connectivity index (χ4n) is 2.51. The molecule has 0 aliphatic heterocycles. The minimum absolute atomic E-state index is 0.0261. The minimum Gasteiger partial charge on any atom is -0.349 e. The summed E-state index contributed by atoms with van der Waals surface area (Å²) in [4.78, 5) is 16.1. The number of nitrogens with one attached hydrogen (secondary N) is 1. The lowest BCUT2D eigenvalue weighted by atomic mass is 9.92. The molecular weight excluding hydrogens is 212 g/mol. The Morgan fingerprint density at radius 2 is 2.29 bits per heavy atom. The van der Waals surface area contributed by atoms with Crippen molar-refractivity contribution in [1.82, 2.24) is 10.3 Å². The van der Waals surface area contributed by atoms with E-state index < -0.39 is 0 Å². The number of rotatable bonds is 2. The maximum Gasteiger partial charge on any atom is 0.251 e. The Kier molecular flexibility index (Phi) is 3.18. The number of amides is 1. The van der Waals surface area contributed by atoms with Gasteiger partial charge in [-0.1, -0.05) is 13.8 Å². The summed E-state index contributed by atoms with van der Waals surface area (Å²) >= 11 is 0. The van der Waals surface area contributed by atoms with E-state index in [0.29, 0.717) is 17.0 Å². The molecule has 1 aromatic heterocycles. The Balaban J connectivity index is 1.98. The molecule has 1 fully saturated rings. The SMILES string of the molecule is Cc1cc(C(=O)NC2CCC(C)(C)C2)ccn1. The van der Waals surface area contributed by atoms with Crippen molar-refractivity contribution in [3.63, 3.8) is 0 Å². The van der Waals surface area contributed by atoms with Crippen molar-refractivity contribution in [3.8, 4) is 0 Å². The van der Waals surface area contributed by atoms with Crippen LogP contribution in [-0.2, 0) is 0 Å². The molecule has 3 heteroatoms. The highest BCUT2D eigenvalue weighted by Gasteiger charge is 2.31. The molecule has 0 radical (unpaired) electrons. The van der Waals surface area contributed by atoms with Crippen LogP contribution in [-0.4, -0.2) is 16.9 Å². The van der Waals surface area contributed by atoms with Gasteiger partial charge in [-0.25, -0.2) is 0 Å². The molecule has 1 heterocycles. The van der Waals surface area contributed by atoms with Crippen LogP contribution in [0.25, 0.3) is 0 Å². The molecule has 1 unspecified atom stereocenters. The van der Waals surface area contributed by atoms with Crippen molar-refractivity contribution in [2.75, 3.05) is 0 Å². The summed E-state index contributed by atoms with van der Waals surface area (Å²) in [7, 11) is 0. The highest BCUT2D eigenvalue weighted by atomic mass is 16.1. The van der Waals surface area contributed by atoms with E-state index >= 15 is 0 Å². The molecule has 17 heavy (non-hydrogen) atoms. The summed E-state index contributed by atoms with van der Waals surface area (Å²) in [6.45, 7) is 6.42. The Labute approximate surface area is 103 Å². The van der Waals surface area contributed by atoms with Crippen LogP contribution >= 0.6 is 0 Å². The molecule has 92 valence electrons. The normalized spacial score (nSPS) is 22.4. The van der Waals surface area contributed by atoms with E-state index in [9.17, 15) is 4.79 Å². The van der Waals surface area contributed by atoms with Crippen LogP contribution in [0.2, 0.25) is 0 Å². The average molecular weight is 232 g/mol. The molecule has 0 spiro atoms. The van der Waals surface area contributed by atoms with Gasteiger partial charge in [0.2, 0.25) is 0 Å². The van der Waals surface area contributed by atoms with E-state index in [-0.39, 0.29) is 5.91 Å². The standard InChI is InChI=1S/C14H20N2O/c1-10-8-11(5-7-15-10)13(17)16-12-4-6-14(2,3)9-12/h5,7-8,12H,4,6,9H2,1-3H3,(H,16,17). The zero-order chi connectivity index (χ0) is 12.5. The van der Waals surface area contributed by atoms with Crippen molar-refractivity contribution in [2.24, 2.45) is 5.41 Å². The second-order valence-corrected chi connectivity index (χ2v) is 5.76. The van der Waals surface area contributed by atoms with Crippen molar-refractivity contribution < 1.29 is 4.79 Å². The largest absolute Gasteiger partial charge is 0.349 e. The first kappa shape index (κ1) is 12.1. The Morgan fingerprint density at radius 1 is 1.53 bits per heavy atom. The van der Waals surface area contributed by atoms with Crippen LogP contribution in [0.5, 0.6) is 0 Å². The van der Waals surface area contributed by atoms with E-state index in [4.69, 9.17) is 0 Å². The third-order valence-corrected chi connectivity index (χ3v) is 3.46. The first-order valence-corrected chi connectivity index (χ1v) is 6.20. The number of carbonyl (C=O) groups excluding carboxylic acids is 1. The van der Waals surface area contributed by atoms with E-state index in [1.54, 1.807) is 12.3 Å². The zero-order valence-electron chi connectivity index (χ0n) is 10.8. The van der Waals surface area contributed by atoms with Gasteiger partial charge in [-0.2, -0.15) is 0 Å². The third kappa shape index (κ3) is 3.05. The molecule has 2 rings (SSSR count). The predicted octanol–water partition coefficient (Wildman–Crippen LogP) is 2.70. The highest BCUT2D eigenvalue weighted by molar-refractivity contribution is 5.94. The van der Waals surface area contributed by atoms with Crippen molar-refractivity contribution in [3.05, 3.63) is 29.6 Å². The first-order valence-electron chi connectivity index (χ1n) is 6.20. The monoisotopic (exact) mass is 232 g/mol. The second kappa shape index (κ2) is 4.47. The van der Waals surface area contributed by atoms with Gasteiger partial charge in [-0.3, -0.25) is 9.78 Å². The predicted molar refractivity (Wildman–Crippen MR) is 67.9 cm³/mol. The topological polar surface area (TPSA) is 42.0 Å². The Morgan fingerprint density at radius 3 is 2.88 bits per heavy atom. The lowest BCUT2D eigenvalue weighted by Gasteiger charge is -2.17. The molecule has 1 saturated carbocycles. The molecule has 1 atom stereocenters. The average Bonchev–Trinajstić information content (AvgIpc) is 2.58.